The van der Waals surface area contributed by atoms with Crippen LogP contribution in [-0.4, -0.2) is 32.6 Å². The summed E-state index contributed by atoms with van der Waals surface area (Å²) in [4.78, 5) is 23.1. The molecule has 1 aromatic rings. The van der Waals surface area contributed by atoms with Gasteiger partial charge in [0.1, 0.15) is 11.4 Å². The van der Waals surface area contributed by atoms with Crippen molar-refractivity contribution < 1.29 is 28.2 Å². The van der Waals surface area contributed by atoms with E-state index in [-0.39, 0.29) is 18.1 Å². The van der Waals surface area contributed by atoms with Crippen LogP contribution in [0.4, 0.5) is 4.39 Å². The molecule has 0 aliphatic rings. The van der Waals surface area contributed by atoms with Crippen molar-refractivity contribution >= 4 is 11.8 Å². The Kier molecular flexibility index (Phi) is 4.65. The number of carbonyl (C=O) groups excluding carboxylic acids is 2. The Hall–Kier alpha value is -2.11. The van der Waals surface area contributed by atoms with E-state index in [1.807, 2.05) is 0 Å². The highest BCUT2D eigenvalue weighted by Crippen LogP contribution is 2.33. The first kappa shape index (κ1) is 14.0. The highest BCUT2D eigenvalue weighted by molar-refractivity contribution is 6.41. The van der Waals surface area contributed by atoms with Gasteiger partial charge in [-0.25, -0.2) is 9.18 Å². The first-order valence-electron chi connectivity index (χ1n) is 5.18. The maximum absolute atomic E-state index is 13.6. The minimum Gasteiger partial charge on any atom is -0.493 e. The van der Waals surface area contributed by atoms with Crippen LogP contribution in [0.1, 0.15) is 17.3 Å². The van der Waals surface area contributed by atoms with Crippen LogP contribution < -0.4 is 9.47 Å². The van der Waals surface area contributed by atoms with Crippen LogP contribution >= 0.6 is 0 Å². The maximum atomic E-state index is 13.6. The quantitative estimate of drug-likeness (QED) is 0.455. The van der Waals surface area contributed by atoms with E-state index in [1.54, 1.807) is 6.92 Å². The molecule has 0 unspecified atom stereocenters. The zero-order chi connectivity index (χ0) is 13.7. The fourth-order valence-corrected chi connectivity index (χ4v) is 1.41. The lowest BCUT2D eigenvalue weighted by atomic mass is 10.1. The first-order chi connectivity index (χ1) is 8.56. The zero-order valence-electron chi connectivity index (χ0n) is 10.3. The molecule has 0 N–H and O–H groups in total. The van der Waals surface area contributed by atoms with E-state index in [0.29, 0.717) is 0 Å². The second-order valence-electron chi connectivity index (χ2n) is 3.21. The average Bonchev–Trinajstić information content (AvgIpc) is 2.37. The Morgan fingerprint density at radius 1 is 1.22 bits per heavy atom. The van der Waals surface area contributed by atoms with Crippen LogP contribution in [0.5, 0.6) is 11.5 Å². The van der Waals surface area contributed by atoms with Crippen LogP contribution in [0, 0.1) is 5.82 Å². The number of ether oxygens (including phenoxy) is 3. The van der Waals surface area contributed by atoms with E-state index in [0.717, 1.165) is 6.07 Å². The number of Topliss-reactive ketones (excluding diaryl/α,β-unsaturated/α-hetero) is 1. The summed E-state index contributed by atoms with van der Waals surface area (Å²) in [6.07, 6.45) is 0. The van der Waals surface area contributed by atoms with Crippen LogP contribution in [0.15, 0.2) is 12.1 Å². The van der Waals surface area contributed by atoms with E-state index in [9.17, 15) is 14.0 Å². The topological polar surface area (TPSA) is 61.8 Å². The van der Waals surface area contributed by atoms with Crippen molar-refractivity contribution in [3.63, 3.8) is 0 Å². The number of halogens is 1. The number of ketones is 1. The summed E-state index contributed by atoms with van der Waals surface area (Å²) >= 11 is 0. The van der Waals surface area contributed by atoms with Crippen molar-refractivity contribution in [2.24, 2.45) is 0 Å². The molecule has 18 heavy (non-hydrogen) atoms. The molecule has 0 aromatic heterocycles. The lowest BCUT2D eigenvalue weighted by Crippen LogP contribution is -2.20. The smallest absolute Gasteiger partial charge is 0.379 e. The summed E-state index contributed by atoms with van der Waals surface area (Å²) < 4.78 is 28.0. The van der Waals surface area contributed by atoms with Gasteiger partial charge in [-0.3, -0.25) is 4.79 Å². The highest BCUT2D eigenvalue weighted by Gasteiger charge is 2.27. The zero-order valence-corrected chi connectivity index (χ0v) is 10.3. The van der Waals surface area contributed by atoms with Crippen LogP contribution in [0.25, 0.3) is 0 Å². The minimum atomic E-state index is -1.14. The summed E-state index contributed by atoms with van der Waals surface area (Å²) in [6.45, 7) is 1.57. The Balaban J connectivity index is 3.29. The van der Waals surface area contributed by atoms with E-state index in [4.69, 9.17) is 9.47 Å². The van der Waals surface area contributed by atoms with Gasteiger partial charge in [-0.1, -0.05) is 0 Å². The summed E-state index contributed by atoms with van der Waals surface area (Å²) in [5.74, 6) is -3.08. The van der Waals surface area contributed by atoms with Crippen molar-refractivity contribution in [2.75, 3.05) is 20.8 Å². The molecule has 6 heteroatoms. The number of methoxy groups -OCH3 is 2. The van der Waals surface area contributed by atoms with E-state index in [2.05, 4.69) is 4.74 Å². The Morgan fingerprint density at radius 3 is 2.39 bits per heavy atom. The van der Waals surface area contributed by atoms with Crippen molar-refractivity contribution in [1.82, 2.24) is 0 Å². The summed E-state index contributed by atoms with van der Waals surface area (Å²) in [5.41, 5.74) is -0.490. The van der Waals surface area contributed by atoms with E-state index < -0.39 is 23.1 Å². The van der Waals surface area contributed by atoms with Crippen LogP contribution in [0.2, 0.25) is 0 Å². The second-order valence-corrected chi connectivity index (χ2v) is 3.21. The van der Waals surface area contributed by atoms with Gasteiger partial charge in [0.05, 0.1) is 20.8 Å². The molecule has 0 radical (unpaired) electrons. The van der Waals surface area contributed by atoms with Gasteiger partial charge >= 0.3 is 5.97 Å². The number of rotatable bonds is 5. The molecule has 5 nitrogen and oxygen atoms in total. The predicted octanol–water partition coefficient (Wildman–Crippen LogP) is 1.59. The molecule has 0 saturated carbocycles. The molecule has 0 saturated heterocycles. The van der Waals surface area contributed by atoms with Gasteiger partial charge in [-0.2, -0.15) is 0 Å². The SMILES string of the molecule is CCOC(=O)C(=O)c1c(F)ccc(OC)c1OC. The number of carbonyl (C=O) groups is 2. The van der Waals surface area contributed by atoms with Gasteiger partial charge in [0, 0.05) is 0 Å². The monoisotopic (exact) mass is 256 g/mol. The van der Waals surface area contributed by atoms with Gasteiger partial charge < -0.3 is 14.2 Å². The normalized spacial score (nSPS) is 9.78. The van der Waals surface area contributed by atoms with Crippen molar-refractivity contribution in [1.29, 1.82) is 0 Å². The molecule has 0 aliphatic heterocycles. The van der Waals surface area contributed by atoms with Gasteiger partial charge in [0.15, 0.2) is 11.5 Å². The van der Waals surface area contributed by atoms with E-state index >= 15 is 0 Å². The largest absolute Gasteiger partial charge is 0.493 e. The van der Waals surface area contributed by atoms with Gasteiger partial charge in [-0.05, 0) is 19.1 Å². The highest BCUT2D eigenvalue weighted by atomic mass is 19.1. The molecule has 0 atom stereocenters. The van der Waals surface area contributed by atoms with Crippen molar-refractivity contribution in [3.05, 3.63) is 23.5 Å². The van der Waals surface area contributed by atoms with Gasteiger partial charge in [-0.15, -0.1) is 0 Å². The third-order valence-corrected chi connectivity index (χ3v) is 2.18. The molecular weight excluding hydrogens is 243 g/mol. The maximum Gasteiger partial charge on any atom is 0.379 e. The number of benzene rings is 1. The van der Waals surface area contributed by atoms with Crippen LogP contribution in [0.3, 0.4) is 0 Å². The molecule has 1 aromatic carbocycles. The second kappa shape index (κ2) is 6.00. The molecule has 0 spiro atoms. The van der Waals surface area contributed by atoms with E-state index in [1.165, 1.54) is 20.3 Å². The minimum absolute atomic E-state index is 0.0263. The lowest BCUT2D eigenvalue weighted by molar-refractivity contribution is -0.137. The standard InChI is InChI=1S/C12H13FO5/c1-4-18-12(15)10(14)9-7(13)5-6-8(16-2)11(9)17-3/h5-6H,4H2,1-3H3. The lowest BCUT2D eigenvalue weighted by Gasteiger charge is -2.12. The molecule has 0 fully saturated rings. The third kappa shape index (κ3) is 2.58. The Bertz CT molecular complexity index is 470. The molecule has 98 valence electrons. The average molecular weight is 256 g/mol. The summed E-state index contributed by atoms with van der Waals surface area (Å²) in [6, 6.07) is 2.32. The van der Waals surface area contributed by atoms with Gasteiger partial charge in [0.25, 0.3) is 5.78 Å². The molecule has 1 rings (SSSR count). The Morgan fingerprint density at radius 2 is 1.89 bits per heavy atom. The fourth-order valence-electron chi connectivity index (χ4n) is 1.41. The fraction of sp³-hybridized carbons (Fsp3) is 0.333. The number of esters is 1. The van der Waals surface area contributed by atoms with Crippen LogP contribution in [-0.2, 0) is 9.53 Å². The van der Waals surface area contributed by atoms with Gasteiger partial charge in [0.2, 0.25) is 0 Å². The molecule has 0 amide bonds. The third-order valence-electron chi connectivity index (χ3n) is 2.18. The molecule has 0 aliphatic carbocycles. The predicted molar refractivity (Wildman–Crippen MR) is 60.5 cm³/mol. The van der Waals surface area contributed by atoms with Crippen molar-refractivity contribution in [3.8, 4) is 11.5 Å². The summed E-state index contributed by atoms with van der Waals surface area (Å²) in [7, 11) is 2.59. The first-order valence-corrected chi connectivity index (χ1v) is 5.18. The Labute approximate surface area is 103 Å². The summed E-state index contributed by atoms with van der Waals surface area (Å²) in [5, 5.41) is 0. The molecule has 0 bridgehead atoms. The van der Waals surface area contributed by atoms with Crippen molar-refractivity contribution in [2.45, 2.75) is 6.92 Å². The number of hydrogen-bond acceptors (Lipinski definition) is 5. The number of hydrogen-bond donors (Lipinski definition) is 0. The molecule has 0 heterocycles. The molecular formula is C12H13FO5.